The maximum Gasteiger partial charge on any atom is 0.0521 e. The Morgan fingerprint density at radius 2 is 2.08 bits per heavy atom. The maximum atomic E-state index is 2.49. The van der Waals surface area contributed by atoms with Gasteiger partial charge >= 0.3 is 0 Å². The van der Waals surface area contributed by atoms with Crippen LogP contribution >= 0.6 is 23.5 Å². The predicted octanol–water partition coefficient (Wildman–Crippen LogP) is 2.94. The minimum absolute atomic E-state index is 0.451. The standard InChI is InChI=1S/C10H14S2/c1-9(2,3)10-5-4-6-7(11-6)8(10)12-10/h4-8H,1-3H3. The lowest BCUT2D eigenvalue weighted by Crippen LogP contribution is -2.33. The van der Waals surface area contributed by atoms with Crippen LogP contribution in [0.4, 0.5) is 0 Å². The fourth-order valence-electron chi connectivity index (χ4n) is 2.25. The van der Waals surface area contributed by atoms with Gasteiger partial charge in [0.05, 0.1) is 4.75 Å². The summed E-state index contributed by atoms with van der Waals surface area (Å²) in [7, 11) is 0. The van der Waals surface area contributed by atoms with Gasteiger partial charge in [0.1, 0.15) is 0 Å². The lowest BCUT2D eigenvalue weighted by atomic mass is 9.76. The first kappa shape index (κ1) is 7.81. The third-order valence-electron chi connectivity index (χ3n) is 3.25. The number of hydrogen-bond acceptors (Lipinski definition) is 2. The first-order valence-electron chi connectivity index (χ1n) is 4.57. The largest absolute Gasteiger partial charge is 0.147 e. The molecule has 0 saturated carbocycles. The van der Waals surface area contributed by atoms with Crippen molar-refractivity contribution in [1.82, 2.24) is 0 Å². The van der Waals surface area contributed by atoms with E-state index in [4.69, 9.17) is 0 Å². The molecule has 4 unspecified atom stereocenters. The van der Waals surface area contributed by atoms with E-state index in [1.165, 1.54) is 0 Å². The van der Waals surface area contributed by atoms with Crippen molar-refractivity contribution in [3.05, 3.63) is 12.2 Å². The highest BCUT2D eigenvalue weighted by Crippen LogP contribution is 2.73. The molecular formula is C10H14S2. The molecule has 0 aromatic heterocycles. The van der Waals surface area contributed by atoms with E-state index in [0.29, 0.717) is 10.2 Å². The minimum atomic E-state index is 0.451. The van der Waals surface area contributed by atoms with Gasteiger partial charge in [0, 0.05) is 15.7 Å². The summed E-state index contributed by atoms with van der Waals surface area (Å²) in [6.45, 7) is 7.12. The van der Waals surface area contributed by atoms with E-state index in [1.54, 1.807) is 0 Å². The second-order valence-electron chi connectivity index (χ2n) is 5.01. The molecule has 2 fully saturated rings. The van der Waals surface area contributed by atoms with Crippen LogP contribution in [0, 0.1) is 5.41 Å². The molecule has 2 heterocycles. The van der Waals surface area contributed by atoms with Gasteiger partial charge in [-0.3, -0.25) is 0 Å². The number of thioether (sulfide) groups is 2. The Balaban J connectivity index is 1.97. The number of fused-ring (bicyclic) bond motifs is 3. The highest BCUT2D eigenvalue weighted by molar-refractivity contribution is 8.13. The monoisotopic (exact) mass is 198 g/mol. The molecule has 4 atom stereocenters. The van der Waals surface area contributed by atoms with Crippen LogP contribution in [0.25, 0.3) is 0 Å². The number of rotatable bonds is 0. The van der Waals surface area contributed by atoms with E-state index in [0.717, 1.165) is 15.7 Å². The molecule has 1 aliphatic carbocycles. The lowest BCUT2D eigenvalue weighted by molar-refractivity contribution is 0.352. The highest BCUT2D eigenvalue weighted by Gasteiger charge is 2.70. The second-order valence-corrected chi connectivity index (χ2v) is 7.79. The predicted molar refractivity (Wildman–Crippen MR) is 57.9 cm³/mol. The topological polar surface area (TPSA) is 0 Å². The van der Waals surface area contributed by atoms with Crippen LogP contribution in [-0.4, -0.2) is 20.5 Å². The van der Waals surface area contributed by atoms with E-state index in [-0.39, 0.29) is 0 Å². The summed E-state index contributed by atoms with van der Waals surface area (Å²) in [5.74, 6) is 0. The van der Waals surface area contributed by atoms with Gasteiger partial charge in [0.15, 0.2) is 0 Å². The van der Waals surface area contributed by atoms with Crippen molar-refractivity contribution in [2.45, 2.75) is 41.3 Å². The normalized spacial score (nSPS) is 54.4. The van der Waals surface area contributed by atoms with Crippen molar-refractivity contribution in [2.75, 3.05) is 0 Å². The molecule has 0 amide bonds. The zero-order chi connectivity index (χ0) is 8.56. The van der Waals surface area contributed by atoms with Gasteiger partial charge in [-0.1, -0.05) is 32.9 Å². The summed E-state index contributed by atoms with van der Waals surface area (Å²) < 4.78 is 0.512. The molecule has 0 radical (unpaired) electrons. The summed E-state index contributed by atoms with van der Waals surface area (Å²) in [6, 6.07) is 0. The van der Waals surface area contributed by atoms with E-state index < -0.39 is 0 Å². The van der Waals surface area contributed by atoms with Gasteiger partial charge < -0.3 is 0 Å². The van der Waals surface area contributed by atoms with Crippen LogP contribution in [0.5, 0.6) is 0 Å². The third kappa shape index (κ3) is 0.784. The van der Waals surface area contributed by atoms with E-state index >= 15 is 0 Å². The molecule has 2 saturated heterocycles. The van der Waals surface area contributed by atoms with Crippen molar-refractivity contribution in [2.24, 2.45) is 5.41 Å². The maximum absolute atomic E-state index is 2.49. The number of hydrogen-bond donors (Lipinski definition) is 0. The van der Waals surface area contributed by atoms with Crippen molar-refractivity contribution < 1.29 is 0 Å². The molecule has 0 aromatic carbocycles. The van der Waals surface area contributed by atoms with E-state index in [9.17, 15) is 0 Å². The Morgan fingerprint density at radius 3 is 2.75 bits per heavy atom. The average molecular weight is 198 g/mol. The fraction of sp³-hybridized carbons (Fsp3) is 0.800. The average Bonchev–Trinajstić information content (AvgIpc) is 2.79. The fourth-order valence-corrected chi connectivity index (χ4v) is 5.58. The van der Waals surface area contributed by atoms with Crippen molar-refractivity contribution >= 4 is 23.5 Å². The van der Waals surface area contributed by atoms with Gasteiger partial charge in [-0.25, -0.2) is 0 Å². The van der Waals surface area contributed by atoms with Crippen LogP contribution in [0.2, 0.25) is 0 Å². The molecule has 3 rings (SSSR count). The molecule has 0 N–H and O–H groups in total. The Bertz CT molecular complexity index is 264. The molecule has 0 bridgehead atoms. The lowest BCUT2D eigenvalue weighted by Gasteiger charge is -2.28. The quantitative estimate of drug-likeness (QED) is 0.433. The summed E-state index contributed by atoms with van der Waals surface area (Å²) in [5, 5.41) is 2.80. The summed E-state index contributed by atoms with van der Waals surface area (Å²) >= 11 is 4.35. The van der Waals surface area contributed by atoms with E-state index in [1.807, 2.05) is 0 Å². The van der Waals surface area contributed by atoms with Crippen LogP contribution in [0.3, 0.4) is 0 Å². The van der Waals surface area contributed by atoms with Crippen LogP contribution in [0.15, 0.2) is 12.2 Å². The van der Waals surface area contributed by atoms with Crippen LogP contribution < -0.4 is 0 Å². The van der Waals surface area contributed by atoms with Gasteiger partial charge in [-0.05, 0) is 5.41 Å². The minimum Gasteiger partial charge on any atom is -0.147 e. The Kier molecular flexibility index (Phi) is 1.25. The van der Waals surface area contributed by atoms with E-state index in [2.05, 4.69) is 56.4 Å². The first-order chi connectivity index (χ1) is 5.55. The molecular weight excluding hydrogens is 184 g/mol. The molecule has 2 heteroatoms. The molecule has 12 heavy (non-hydrogen) atoms. The van der Waals surface area contributed by atoms with Crippen LogP contribution in [-0.2, 0) is 0 Å². The molecule has 3 aliphatic rings. The highest BCUT2D eigenvalue weighted by atomic mass is 32.2. The summed E-state index contributed by atoms with van der Waals surface area (Å²) in [4.78, 5) is 0. The SMILES string of the molecule is CC(C)(C)C12C=CC3SC3C1S2. The first-order valence-corrected chi connectivity index (χ1v) is 6.39. The Hall–Kier alpha value is 0.440. The van der Waals surface area contributed by atoms with Gasteiger partial charge in [0.2, 0.25) is 0 Å². The molecule has 0 nitrogen and oxygen atoms in total. The molecule has 66 valence electrons. The summed E-state index contributed by atoms with van der Waals surface area (Å²) in [5.41, 5.74) is 0.451. The van der Waals surface area contributed by atoms with Crippen LogP contribution in [0.1, 0.15) is 20.8 Å². The Labute approximate surface area is 82.6 Å². The zero-order valence-corrected chi connectivity index (χ0v) is 9.34. The van der Waals surface area contributed by atoms with Gasteiger partial charge in [0.25, 0.3) is 0 Å². The smallest absolute Gasteiger partial charge is 0.0521 e. The Morgan fingerprint density at radius 1 is 1.33 bits per heavy atom. The third-order valence-corrected chi connectivity index (χ3v) is 6.81. The molecule has 2 aliphatic heterocycles. The van der Waals surface area contributed by atoms with Crippen molar-refractivity contribution in [1.29, 1.82) is 0 Å². The van der Waals surface area contributed by atoms with Crippen molar-refractivity contribution in [3.63, 3.8) is 0 Å². The molecule has 0 spiro atoms. The zero-order valence-electron chi connectivity index (χ0n) is 7.70. The second kappa shape index (κ2) is 1.93. The van der Waals surface area contributed by atoms with Gasteiger partial charge in [-0.2, -0.15) is 0 Å². The van der Waals surface area contributed by atoms with Gasteiger partial charge in [-0.15, -0.1) is 23.5 Å². The summed E-state index contributed by atoms with van der Waals surface area (Å²) in [6.07, 6.45) is 4.93. The van der Waals surface area contributed by atoms with Crippen molar-refractivity contribution in [3.8, 4) is 0 Å². The molecule has 0 aromatic rings.